The largest absolute Gasteiger partial charge is 0.486 e. The minimum atomic E-state index is -0.379. The topological polar surface area (TPSA) is 71.5 Å². The van der Waals surface area contributed by atoms with Gasteiger partial charge in [0.25, 0.3) is 5.91 Å². The number of nitrogens with one attached hydrogen (secondary N) is 1. The summed E-state index contributed by atoms with van der Waals surface area (Å²) < 4.78 is 20.3. The first-order valence-corrected chi connectivity index (χ1v) is 13.8. The Morgan fingerprint density at radius 3 is 2.81 bits per heavy atom. The van der Waals surface area contributed by atoms with Crippen molar-refractivity contribution in [2.75, 3.05) is 13.1 Å². The highest BCUT2D eigenvalue weighted by Crippen LogP contribution is 2.38. The van der Waals surface area contributed by atoms with Gasteiger partial charge in [-0.15, -0.1) is 11.3 Å². The first-order chi connectivity index (χ1) is 17.9. The van der Waals surface area contributed by atoms with Crippen LogP contribution < -0.4 is 10.1 Å². The summed E-state index contributed by atoms with van der Waals surface area (Å²) in [6.45, 7) is 5.59. The zero-order valence-electron chi connectivity index (χ0n) is 21.2. The first-order valence-electron chi connectivity index (χ1n) is 12.9. The molecule has 5 rings (SSSR count). The van der Waals surface area contributed by atoms with E-state index in [9.17, 15) is 14.0 Å². The average Bonchev–Trinajstić information content (AvgIpc) is 3.59. The third-order valence-electron chi connectivity index (χ3n) is 6.81. The van der Waals surface area contributed by atoms with Crippen LogP contribution in [0.25, 0.3) is 0 Å². The Kier molecular flexibility index (Phi) is 7.55. The molecule has 3 aromatic rings. The molecule has 0 spiro atoms. The quantitative estimate of drug-likeness (QED) is 0.402. The lowest BCUT2D eigenvalue weighted by atomic mass is 9.87. The summed E-state index contributed by atoms with van der Waals surface area (Å²) in [5.74, 6) is 1.09. The number of carbonyl (C=O) groups is 2. The third-order valence-corrected chi connectivity index (χ3v) is 7.63. The molecule has 1 aliphatic heterocycles. The number of rotatable bonds is 9. The van der Waals surface area contributed by atoms with Crippen LogP contribution in [0.3, 0.4) is 0 Å². The molecular weight excluding hydrogens is 489 g/mol. The molecule has 37 heavy (non-hydrogen) atoms. The van der Waals surface area contributed by atoms with Gasteiger partial charge in [0.05, 0.1) is 6.04 Å². The van der Waals surface area contributed by atoms with Gasteiger partial charge in [-0.2, -0.15) is 0 Å². The van der Waals surface area contributed by atoms with E-state index in [1.54, 1.807) is 11.4 Å². The number of hydrogen-bond acceptors (Lipinski definition) is 5. The van der Waals surface area contributed by atoms with Crippen molar-refractivity contribution in [3.8, 4) is 5.75 Å². The second kappa shape index (κ2) is 11.0. The standard InChI is InChI=1S/C29H32FN3O3S/c1-18(2)12-27(34)33-11-10-20-8-9-23(14-24(20)28(33)21-4-3-5-22(30)13-21)36-16-26-32-25(17-37-26)29(35)31-15-19-6-7-19/h3-5,8-9,13-14,17-19,28H,6-7,10-12,15-16H2,1-2H3,(H,31,35). The molecule has 6 nitrogen and oxygen atoms in total. The Morgan fingerprint density at radius 2 is 2.05 bits per heavy atom. The summed E-state index contributed by atoms with van der Waals surface area (Å²) in [5, 5.41) is 5.41. The number of hydrogen-bond donors (Lipinski definition) is 1. The molecule has 1 saturated carbocycles. The molecule has 2 aliphatic rings. The monoisotopic (exact) mass is 521 g/mol. The summed E-state index contributed by atoms with van der Waals surface area (Å²) in [7, 11) is 0. The maximum absolute atomic E-state index is 14.2. The highest BCUT2D eigenvalue weighted by Gasteiger charge is 2.33. The zero-order valence-corrected chi connectivity index (χ0v) is 22.0. The SMILES string of the molecule is CC(C)CC(=O)N1CCc2ccc(OCc3nc(C(=O)NCC4CC4)cs3)cc2C1c1cccc(F)c1. The van der Waals surface area contributed by atoms with Gasteiger partial charge in [0.1, 0.15) is 28.9 Å². The lowest BCUT2D eigenvalue weighted by Gasteiger charge is -2.38. The van der Waals surface area contributed by atoms with E-state index in [0.717, 1.165) is 23.1 Å². The molecule has 8 heteroatoms. The molecule has 2 amide bonds. The fraction of sp³-hybridized carbons (Fsp3) is 0.414. The van der Waals surface area contributed by atoms with Crippen molar-refractivity contribution in [3.05, 3.63) is 81.1 Å². The molecule has 1 unspecified atom stereocenters. The van der Waals surface area contributed by atoms with Gasteiger partial charge in [-0.1, -0.05) is 32.0 Å². The molecule has 1 fully saturated rings. The fourth-order valence-electron chi connectivity index (χ4n) is 4.73. The van der Waals surface area contributed by atoms with E-state index in [1.807, 2.05) is 43.0 Å². The molecule has 1 aromatic heterocycles. The second-order valence-corrected chi connectivity index (χ2v) is 11.3. The van der Waals surface area contributed by atoms with Crippen molar-refractivity contribution in [2.24, 2.45) is 11.8 Å². The summed E-state index contributed by atoms with van der Waals surface area (Å²) >= 11 is 1.39. The summed E-state index contributed by atoms with van der Waals surface area (Å²) in [4.78, 5) is 31.8. The van der Waals surface area contributed by atoms with Crippen molar-refractivity contribution in [1.82, 2.24) is 15.2 Å². The fourth-order valence-corrected chi connectivity index (χ4v) is 5.42. The summed E-state index contributed by atoms with van der Waals surface area (Å²) in [6, 6.07) is 12.0. The van der Waals surface area contributed by atoms with Crippen LogP contribution in [0.5, 0.6) is 5.75 Å². The molecule has 0 radical (unpaired) electrons. The number of amides is 2. The molecule has 2 aromatic carbocycles. The van der Waals surface area contributed by atoms with Crippen LogP contribution in [0.1, 0.15) is 71.3 Å². The van der Waals surface area contributed by atoms with Crippen molar-refractivity contribution in [1.29, 1.82) is 0 Å². The van der Waals surface area contributed by atoms with Crippen LogP contribution in [-0.4, -0.2) is 34.8 Å². The Bertz CT molecular complexity index is 1290. The lowest BCUT2D eigenvalue weighted by molar-refractivity contribution is -0.134. The summed E-state index contributed by atoms with van der Waals surface area (Å²) in [6.07, 6.45) is 3.54. The Hall–Kier alpha value is -3.26. The zero-order chi connectivity index (χ0) is 25.9. The predicted molar refractivity (Wildman–Crippen MR) is 141 cm³/mol. The van der Waals surface area contributed by atoms with Gasteiger partial charge in [0, 0.05) is 24.9 Å². The Morgan fingerprint density at radius 1 is 1.22 bits per heavy atom. The average molecular weight is 522 g/mol. The Labute approximate surface area is 220 Å². The van der Waals surface area contributed by atoms with Crippen molar-refractivity contribution >= 4 is 23.2 Å². The third kappa shape index (κ3) is 6.18. The highest BCUT2D eigenvalue weighted by atomic mass is 32.1. The van der Waals surface area contributed by atoms with E-state index < -0.39 is 0 Å². The minimum absolute atomic E-state index is 0.0662. The molecule has 0 saturated heterocycles. The lowest BCUT2D eigenvalue weighted by Crippen LogP contribution is -2.41. The van der Waals surface area contributed by atoms with Crippen molar-refractivity contribution in [2.45, 2.75) is 52.2 Å². The van der Waals surface area contributed by atoms with Crippen molar-refractivity contribution in [3.63, 3.8) is 0 Å². The number of nitrogens with zero attached hydrogens (tertiary/aromatic N) is 2. The van der Waals surface area contributed by atoms with Crippen LogP contribution in [0.4, 0.5) is 4.39 Å². The minimum Gasteiger partial charge on any atom is -0.486 e. The normalized spacial score (nSPS) is 17.0. The maximum atomic E-state index is 14.2. The molecule has 1 N–H and O–H groups in total. The number of benzene rings is 2. The first kappa shape index (κ1) is 25.4. The van der Waals surface area contributed by atoms with E-state index >= 15 is 0 Å². The van der Waals surface area contributed by atoms with Crippen molar-refractivity contribution < 1.29 is 18.7 Å². The molecular formula is C29H32FN3O3S. The van der Waals surface area contributed by atoms with Gasteiger partial charge >= 0.3 is 0 Å². The van der Waals surface area contributed by atoms with E-state index in [4.69, 9.17) is 4.74 Å². The molecule has 194 valence electrons. The van der Waals surface area contributed by atoms with Crippen LogP contribution in [0.15, 0.2) is 47.8 Å². The molecule has 1 atom stereocenters. The number of ether oxygens (including phenoxy) is 1. The second-order valence-electron chi connectivity index (χ2n) is 10.3. The molecule has 1 aliphatic carbocycles. The predicted octanol–water partition coefficient (Wildman–Crippen LogP) is 5.52. The van der Waals surface area contributed by atoms with Crippen LogP contribution >= 0.6 is 11.3 Å². The van der Waals surface area contributed by atoms with Gasteiger partial charge < -0.3 is 15.0 Å². The van der Waals surface area contributed by atoms with Gasteiger partial charge in [-0.25, -0.2) is 9.37 Å². The van der Waals surface area contributed by atoms with Gasteiger partial charge in [-0.05, 0) is 72.1 Å². The van der Waals surface area contributed by atoms with Crippen LogP contribution in [0.2, 0.25) is 0 Å². The van der Waals surface area contributed by atoms with Gasteiger partial charge in [0.15, 0.2) is 0 Å². The highest BCUT2D eigenvalue weighted by molar-refractivity contribution is 7.09. The maximum Gasteiger partial charge on any atom is 0.270 e. The summed E-state index contributed by atoms with van der Waals surface area (Å²) in [5.41, 5.74) is 3.24. The van der Waals surface area contributed by atoms with Crippen LogP contribution in [-0.2, 0) is 17.8 Å². The molecule has 2 heterocycles. The number of carbonyl (C=O) groups excluding carboxylic acids is 2. The van der Waals surface area contributed by atoms with Gasteiger partial charge in [-0.3, -0.25) is 9.59 Å². The van der Waals surface area contributed by atoms with Gasteiger partial charge in [0.2, 0.25) is 5.91 Å². The number of aromatic nitrogens is 1. The number of fused-ring (bicyclic) bond motifs is 1. The number of halogens is 1. The molecule has 0 bridgehead atoms. The smallest absolute Gasteiger partial charge is 0.270 e. The number of thiazole rings is 1. The Balaban J connectivity index is 1.34. The van der Waals surface area contributed by atoms with E-state index in [-0.39, 0.29) is 36.2 Å². The van der Waals surface area contributed by atoms with E-state index in [2.05, 4.69) is 10.3 Å². The van der Waals surface area contributed by atoms with E-state index in [0.29, 0.717) is 41.9 Å². The van der Waals surface area contributed by atoms with E-state index in [1.165, 1.54) is 36.3 Å². The van der Waals surface area contributed by atoms with Crippen LogP contribution in [0, 0.1) is 17.7 Å².